The van der Waals surface area contributed by atoms with E-state index in [9.17, 15) is 39.6 Å². The van der Waals surface area contributed by atoms with Gasteiger partial charge < -0.3 is 39.6 Å². The van der Waals surface area contributed by atoms with E-state index >= 15 is 0 Å². The van der Waals surface area contributed by atoms with Gasteiger partial charge in [0.2, 0.25) is 0 Å². The number of hydrogen-bond acceptors (Lipinski definition) is 8. The molecule has 8 nitrogen and oxygen atoms in total. The fourth-order valence-corrected chi connectivity index (χ4v) is 1.08. The molecule has 0 atom stereocenters. The quantitative estimate of drug-likeness (QED) is 0.368. The Bertz CT molecular complexity index is 259. The summed E-state index contributed by atoms with van der Waals surface area (Å²) in [6.45, 7) is 0. The number of aliphatic carboxylic acids is 4. The molecule has 0 saturated heterocycles. The van der Waals surface area contributed by atoms with Gasteiger partial charge in [-0.25, -0.2) is 0 Å². The number of carboxylic acids is 4. The fourth-order valence-electron chi connectivity index (χ4n) is 1.08. The number of carbonyl (C=O) groups is 4. The molecule has 8 heteroatoms. The Morgan fingerprint density at radius 1 is 0.450 bits per heavy atom. The standard InChI is InChI=1S/2C6H10O4/c2*7-5(8)3-1-2-4-6(9)10/h2*1-4H2,(H,7,8)(H,9,10)/p-4. The molecular weight excluding hydrogens is 272 g/mol. The van der Waals surface area contributed by atoms with Gasteiger partial charge in [0.1, 0.15) is 0 Å². The first-order valence-corrected chi connectivity index (χ1v) is 6.05. The minimum atomic E-state index is -1.14. The van der Waals surface area contributed by atoms with Crippen molar-refractivity contribution in [2.24, 2.45) is 0 Å². The molecule has 0 aromatic rings. The SMILES string of the molecule is O=C([O-])CCCCC(=O)[O-].O=C([O-])CCCCC(=O)[O-]. The van der Waals surface area contributed by atoms with E-state index in [1.807, 2.05) is 0 Å². The summed E-state index contributed by atoms with van der Waals surface area (Å²) >= 11 is 0. The first kappa shape index (κ1) is 20.2. The highest BCUT2D eigenvalue weighted by atomic mass is 16.4. The molecule has 0 rings (SSSR count). The van der Waals surface area contributed by atoms with E-state index in [1.165, 1.54) is 0 Å². The highest BCUT2D eigenvalue weighted by Crippen LogP contribution is 1.97. The molecule has 0 N–H and O–H groups in total. The molecule has 0 fully saturated rings. The van der Waals surface area contributed by atoms with Crippen molar-refractivity contribution in [2.75, 3.05) is 0 Å². The maximum absolute atomic E-state index is 9.77. The first-order valence-electron chi connectivity index (χ1n) is 6.05. The van der Waals surface area contributed by atoms with Crippen LogP contribution in [0.5, 0.6) is 0 Å². The van der Waals surface area contributed by atoms with Gasteiger partial charge >= 0.3 is 0 Å². The largest absolute Gasteiger partial charge is 0.550 e. The molecule has 0 aliphatic rings. The van der Waals surface area contributed by atoms with Crippen LogP contribution in [0, 0.1) is 0 Å². The van der Waals surface area contributed by atoms with Crippen LogP contribution in [0.2, 0.25) is 0 Å². The van der Waals surface area contributed by atoms with Crippen molar-refractivity contribution in [3.8, 4) is 0 Å². The van der Waals surface area contributed by atoms with Crippen LogP contribution in [-0.4, -0.2) is 23.9 Å². The number of carboxylic acid groups (broad SMARTS) is 4. The van der Waals surface area contributed by atoms with E-state index < -0.39 is 23.9 Å². The predicted octanol–water partition coefficient (Wildman–Crippen LogP) is -3.91. The molecule has 116 valence electrons. The Morgan fingerprint density at radius 3 is 0.700 bits per heavy atom. The van der Waals surface area contributed by atoms with Crippen molar-refractivity contribution in [3.05, 3.63) is 0 Å². The van der Waals surface area contributed by atoms with Crippen molar-refractivity contribution >= 4 is 23.9 Å². The third kappa shape index (κ3) is 24.9. The van der Waals surface area contributed by atoms with Crippen LogP contribution in [0.3, 0.4) is 0 Å². The van der Waals surface area contributed by atoms with Gasteiger partial charge in [0.05, 0.1) is 0 Å². The van der Waals surface area contributed by atoms with E-state index in [0.29, 0.717) is 25.7 Å². The summed E-state index contributed by atoms with van der Waals surface area (Å²) < 4.78 is 0. The van der Waals surface area contributed by atoms with Crippen molar-refractivity contribution in [1.29, 1.82) is 0 Å². The fraction of sp³-hybridized carbons (Fsp3) is 0.667. The van der Waals surface area contributed by atoms with Crippen LogP contribution >= 0.6 is 0 Å². The molecule has 20 heavy (non-hydrogen) atoms. The molecule has 0 aliphatic heterocycles. The summed E-state index contributed by atoms with van der Waals surface area (Å²) in [4.78, 5) is 39.1. The van der Waals surface area contributed by atoms with Gasteiger partial charge in [-0.3, -0.25) is 0 Å². The lowest BCUT2D eigenvalue weighted by Gasteiger charge is -2.01. The van der Waals surface area contributed by atoms with Crippen molar-refractivity contribution in [2.45, 2.75) is 51.4 Å². The van der Waals surface area contributed by atoms with E-state index in [0.717, 1.165) is 0 Å². The van der Waals surface area contributed by atoms with Crippen LogP contribution in [0.4, 0.5) is 0 Å². The van der Waals surface area contributed by atoms with Gasteiger partial charge in [0.25, 0.3) is 0 Å². The van der Waals surface area contributed by atoms with Gasteiger partial charge in [-0.2, -0.15) is 0 Å². The topological polar surface area (TPSA) is 161 Å². The Kier molecular flexibility index (Phi) is 13.4. The van der Waals surface area contributed by atoms with Crippen molar-refractivity contribution < 1.29 is 39.6 Å². The lowest BCUT2D eigenvalue weighted by atomic mass is 10.2. The molecule has 0 bridgehead atoms. The molecule has 0 aromatic carbocycles. The van der Waals surface area contributed by atoms with Crippen LogP contribution in [0.15, 0.2) is 0 Å². The van der Waals surface area contributed by atoms with Gasteiger partial charge in [0, 0.05) is 23.9 Å². The monoisotopic (exact) mass is 288 g/mol. The average molecular weight is 288 g/mol. The zero-order chi connectivity index (χ0) is 16.0. The molecular formula is C12H16O8-4. The zero-order valence-corrected chi connectivity index (χ0v) is 10.9. The summed E-state index contributed by atoms with van der Waals surface area (Å²) in [5.74, 6) is -4.56. The van der Waals surface area contributed by atoms with E-state index in [4.69, 9.17) is 0 Å². The van der Waals surface area contributed by atoms with Gasteiger partial charge in [0.15, 0.2) is 0 Å². The summed E-state index contributed by atoms with van der Waals surface area (Å²) in [5.41, 5.74) is 0. The number of rotatable bonds is 10. The average Bonchev–Trinajstić information content (AvgIpc) is 2.30. The van der Waals surface area contributed by atoms with E-state index in [1.54, 1.807) is 0 Å². The summed E-state index contributed by atoms with van der Waals surface area (Å²) in [6.07, 6.45) is 1.07. The third-order valence-corrected chi connectivity index (χ3v) is 2.02. The minimum Gasteiger partial charge on any atom is -0.550 e. The molecule has 0 heterocycles. The second kappa shape index (κ2) is 13.3. The van der Waals surface area contributed by atoms with E-state index in [-0.39, 0.29) is 25.7 Å². The Balaban J connectivity index is 0. The molecule has 0 unspecified atom stereocenters. The van der Waals surface area contributed by atoms with Gasteiger partial charge in [-0.15, -0.1) is 0 Å². The molecule has 0 aromatic heterocycles. The highest BCUT2D eigenvalue weighted by Gasteiger charge is 1.89. The molecule has 0 saturated carbocycles. The molecule has 0 spiro atoms. The first-order chi connectivity index (χ1) is 9.25. The van der Waals surface area contributed by atoms with Crippen LogP contribution in [0.1, 0.15) is 51.4 Å². The minimum absolute atomic E-state index is 0.0761. The highest BCUT2D eigenvalue weighted by molar-refractivity contribution is 5.66. The van der Waals surface area contributed by atoms with Crippen LogP contribution in [0.25, 0.3) is 0 Å². The van der Waals surface area contributed by atoms with Gasteiger partial charge in [-0.05, 0) is 51.4 Å². The lowest BCUT2D eigenvalue weighted by molar-refractivity contribution is -0.308. The second-order valence-electron chi connectivity index (χ2n) is 3.90. The summed E-state index contributed by atoms with van der Waals surface area (Å²) in [7, 11) is 0. The van der Waals surface area contributed by atoms with Crippen LogP contribution < -0.4 is 20.4 Å². The number of carbonyl (C=O) groups excluding carboxylic acids is 4. The molecule has 0 radical (unpaired) electrons. The van der Waals surface area contributed by atoms with E-state index in [2.05, 4.69) is 0 Å². The molecule has 0 amide bonds. The molecule has 0 aliphatic carbocycles. The Hall–Kier alpha value is -2.12. The zero-order valence-electron chi connectivity index (χ0n) is 10.9. The second-order valence-corrected chi connectivity index (χ2v) is 3.90. The van der Waals surface area contributed by atoms with Crippen molar-refractivity contribution in [3.63, 3.8) is 0 Å². The predicted molar refractivity (Wildman–Crippen MR) is 57.0 cm³/mol. The van der Waals surface area contributed by atoms with Gasteiger partial charge in [-0.1, -0.05) is 0 Å². The Morgan fingerprint density at radius 2 is 0.600 bits per heavy atom. The maximum atomic E-state index is 9.77. The third-order valence-electron chi connectivity index (χ3n) is 2.02. The maximum Gasteiger partial charge on any atom is 0.0414 e. The van der Waals surface area contributed by atoms with Crippen molar-refractivity contribution in [1.82, 2.24) is 0 Å². The number of hydrogen-bond donors (Lipinski definition) is 0. The Labute approximate surface area is 116 Å². The number of unbranched alkanes of at least 4 members (excludes halogenated alkanes) is 2. The summed E-state index contributed by atoms with van der Waals surface area (Å²) in [6, 6.07) is 0. The smallest absolute Gasteiger partial charge is 0.0414 e. The van der Waals surface area contributed by atoms with Crippen LogP contribution in [-0.2, 0) is 19.2 Å². The normalized spacial score (nSPS) is 9.20. The summed E-state index contributed by atoms with van der Waals surface area (Å²) in [5, 5.41) is 39.1. The lowest BCUT2D eigenvalue weighted by Crippen LogP contribution is -2.23.